The van der Waals surface area contributed by atoms with Crippen LogP contribution in [0.25, 0.3) is 11.3 Å². The third-order valence-corrected chi connectivity index (χ3v) is 5.92. The molecule has 1 fully saturated rings. The second-order valence-electron chi connectivity index (χ2n) is 8.46. The van der Waals surface area contributed by atoms with Gasteiger partial charge >= 0.3 is 0 Å². The van der Waals surface area contributed by atoms with E-state index >= 15 is 0 Å². The van der Waals surface area contributed by atoms with Crippen LogP contribution >= 0.6 is 0 Å². The van der Waals surface area contributed by atoms with Crippen molar-refractivity contribution in [3.63, 3.8) is 0 Å². The predicted octanol–water partition coefficient (Wildman–Crippen LogP) is 4.27. The SMILES string of the molecule is Cc1nc(-c2cccc(F)c2)ccc1C(=O)N(C)c1ccc(CN2CCN[C@@H](C)C2)cc1. The van der Waals surface area contributed by atoms with E-state index < -0.39 is 0 Å². The number of halogens is 1. The summed E-state index contributed by atoms with van der Waals surface area (Å²) in [5, 5.41) is 3.46. The number of benzene rings is 2. The fourth-order valence-corrected chi connectivity index (χ4v) is 4.13. The van der Waals surface area contributed by atoms with Gasteiger partial charge in [-0.25, -0.2) is 4.39 Å². The first kappa shape index (κ1) is 22.1. The van der Waals surface area contributed by atoms with Gasteiger partial charge in [0, 0.05) is 50.5 Å². The molecule has 5 nitrogen and oxygen atoms in total. The van der Waals surface area contributed by atoms with E-state index in [-0.39, 0.29) is 11.7 Å². The summed E-state index contributed by atoms with van der Waals surface area (Å²) in [6.07, 6.45) is 0. The van der Waals surface area contributed by atoms with Gasteiger partial charge < -0.3 is 10.2 Å². The van der Waals surface area contributed by atoms with E-state index in [4.69, 9.17) is 0 Å². The fourth-order valence-electron chi connectivity index (χ4n) is 4.13. The quantitative estimate of drug-likeness (QED) is 0.654. The van der Waals surface area contributed by atoms with E-state index in [9.17, 15) is 9.18 Å². The maximum atomic E-state index is 13.5. The molecule has 3 aromatic rings. The number of nitrogens with one attached hydrogen (secondary N) is 1. The highest BCUT2D eigenvalue weighted by Crippen LogP contribution is 2.23. The van der Waals surface area contributed by atoms with Crippen molar-refractivity contribution < 1.29 is 9.18 Å². The number of carbonyl (C=O) groups is 1. The zero-order valence-corrected chi connectivity index (χ0v) is 18.8. The largest absolute Gasteiger partial charge is 0.312 e. The number of aromatic nitrogens is 1. The summed E-state index contributed by atoms with van der Waals surface area (Å²) < 4.78 is 13.5. The maximum absolute atomic E-state index is 13.5. The summed E-state index contributed by atoms with van der Waals surface area (Å²) >= 11 is 0. The number of hydrogen-bond acceptors (Lipinski definition) is 4. The van der Waals surface area contributed by atoms with Gasteiger partial charge in [-0.15, -0.1) is 0 Å². The summed E-state index contributed by atoms with van der Waals surface area (Å²) in [5.41, 5.74) is 4.56. The number of pyridine rings is 1. The average molecular weight is 433 g/mol. The summed E-state index contributed by atoms with van der Waals surface area (Å²) in [4.78, 5) is 21.7. The molecule has 1 aromatic heterocycles. The van der Waals surface area contributed by atoms with Gasteiger partial charge in [0.25, 0.3) is 5.91 Å². The zero-order chi connectivity index (χ0) is 22.7. The highest BCUT2D eigenvalue weighted by atomic mass is 19.1. The molecule has 1 N–H and O–H groups in total. The number of nitrogens with zero attached hydrogens (tertiary/aromatic N) is 3. The van der Waals surface area contributed by atoms with Crippen LogP contribution in [0.3, 0.4) is 0 Å². The third kappa shape index (κ3) is 5.03. The first-order chi connectivity index (χ1) is 15.4. The highest BCUT2D eigenvalue weighted by molar-refractivity contribution is 6.06. The molecule has 1 atom stereocenters. The van der Waals surface area contributed by atoms with Gasteiger partial charge in [0.1, 0.15) is 5.82 Å². The van der Waals surface area contributed by atoms with Gasteiger partial charge in [-0.1, -0.05) is 24.3 Å². The van der Waals surface area contributed by atoms with Crippen LogP contribution < -0.4 is 10.2 Å². The molecule has 0 bridgehead atoms. The Kier molecular flexibility index (Phi) is 6.63. The van der Waals surface area contributed by atoms with Gasteiger partial charge in [0.05, 0.1) is 17.0 Å². The lowest BCUT2D eigenvalue weighted by Crippen LogP contribution is -2.48. The molecule has 6 heteroatoms. The van der Waals surface area contributed by atoms with Crippen LogP contribution in [0.15, 0.2) is 60.7 Å². The van der Waals surface area contributed by atoms with Gasteiger partial charge in [-0.3, -0.25) is 14.7 Å². The Bertz CT molecular complexity index is 1100. The first-order valence-corrected chi connectivity index (χ1v) is 11.0. The monoisotopic (exact) mass is 432 g/mol. The highest BCUT2D eigenvalue weighted by Gasteiger charge is 2.18. The molecule has 166 valence electrons. The van der Waals surface area contributed by atoms with Crippen molar-refractivity contribution in [1.29, 1.82) is 0 Å². The number of amides is 1. The van der Waals surface area contributed by atoms with E-state index in [1.165, 1.54) is 17.7 Å². The van der Waals surface area contributed by atoms with Gasteiger partial charge in [-0.05, 0) is 55.8 Å². The third-order valence-electron chi connectivity index (χ3n) is 5.92. The number of piperazine rings is 1. The molecule has 0 radical (unpaired) electrons. The van der Waals surface area contributed by atoms with Crippen LogP contribution in [0.5, 0.6) is 0 Å². The number of hydrogen-bond donors (Lipinski definition) is 1. The first-order valence-electron chi connectivity index (χ1n) is 11.0. The van der Waals surface area contributed by atoms with Crippen LogP contribution in [-0.4, -0.2) is 48.5 Å². The lowest BCUT2D eigenvalue weighted by Gasteiger charge is -2.31. The Labute approximate surface area is 188 Å². The molecule has 0 saturated carbocycles. The molecule has 32 heavy (non-hydrogen) atoms. The Morgan fingerprint density at radius 3 is 2.66 bits per heavy atom. The molecule has 1 aliphatic rings. The van der Waals surface area contributed by atoms with Crippen molar-refractivity contribution in [3.05, 3.63) is 83.3 Å². The molecular weight excluding hydrogens is 403 g/mol. The normalized spacial score (nSPS) is 16.7. The minimum Gasteiger partial charge on any atom is -0.312 e. The molecule has 0 spiro atoms. The van der Waals surface area contributed by atoms with E-state index in [0.29, 0.717) is 28.6 Å². The predicted molar refractivity (Wildman–Crippen MR) is 126 cm³/mol. The molecule has 1 amide bonds. The van der Waals surface area contributed by atoms with Crippen molar-refractivity contribution in [2.45, 2.75) is 26.4 Å². The van der Waals surface area contributed by atoms with E-state index in [0.717, 1.165) is 31.9 Å². The second-order valence-corrected chi connectivity index (χ2v) is 8.46. The molecule has 2 aromatic carbocycles. The molecule has 0 unspecified atom stereocenters. The summed E-state index contributed by atoms with van der Waals surface area (Å²) in [5.74, 6) is -0.429. The lowest BCUT2D eigenvalue weighted by atomic mass is 10.1. The second kappa shape index (κ2) is 9.59. The lowest BCUT2D eigenvalue weighted by molar-refractivity contribution is 0.0992. The zero-order valence-electron chi connectivity index (χ0n) is 18.8. The van der Waals surface area contributed by atoms with E-state index in [2.05, 4.69) is 34.3 Å². The standard InChI is InChI=1S/C26H29FN4O/c1-18-16-31(14-13-28-18)17-20-7-9-23(10-8-20)30(3)26(32)24-11-12-25(29-19(24)2)21-5-4-6-22(27)15-21/h4-12,15,18,28H,13-14,16-17H2,1-3H3/t18-/m0/s1. The maximum Gasteiger partial charge on any atom is 0.259 e. The summed E-state index contributed by atoms with van der Waals surface area (Å²) in [6, 6.07) is 18.5. The summed E-state index contributed by atoms with van der Waals surface area (Å²) in [6.45, 7) is 8.02. The Balaban J connectivity index is 1.46. The van der Waals surface area contributed by atoms with Crippen LogP contribution in [0.1, 0.15) is 28.5 Å². The van der Waals surface area contributed by atoms with Crippen LogP contribution in [0.2, 0.25) is 0 Å². The molecule has 1 saturated heterocycles. The average Bonchev–Trinajstić information content (AvgIpc) is 2.79. The van der Waals surface area contributed by atoms with E-state index in [1.807, 2.05) is 12.1 Å². The molecule has 1 aliphatic heterocycles. The Morgan fingerprint density at radius 2 is 1.97 bits per heavy atom. The van der Waals surface area contributed by atoms with Crippen LogP contribution in [0.4, 0.5) is 10.1 Å². The number of carbonyl (C=O) groups excluding carboxylic acids is 1. The number of rotatable bonds is 5. The summed E-state index contributed by atoms with van der Waals surface area (Å²) in [7, 11) is 1.77. The van der Waals surface area contributed by atoms with Gasteiger partial charge in [-0.2, -0.15) is 0 Å². The van der Waals surface area contributed by atoms with Gasteiger partial charge in [0.2, 0.25) is 0 Å². The smallest absolute Gasteiger partial charge is 0.259 e. The minimum absolute atomic E-state index is 0.121. The van der Waals surface area contributed by atoms with Crippen LogP contribution in [0, 0.1) is 12.7 Å². The van der Waals surface area contributed by atoms with Crippen molar-refractivity contribution >= 4 is 11.6 Å². The number of aryl methyl sites for hydroxylation is 1. The van der Waals surface area contributed by atoms with Crippen molar-refractivity contribution in [2.24, 2.45) is 0 Å². The van der Waals surface area contributed by atoms with Gasteiger partial charge in [0.15, 0.2) is 0 Å². The van der Waals surface area contributed by atoms with E-state index in [1.54, 1.807) is 43.1 Å². The Hall–Kier alpha value is -3.09. The minimum atomic E-state index is -0.309. The molecular formula is C26H29FN4O. The fraction of sp³-hybridized carbons (Fsp3) is 0.308. The molecule has 0 aliphatic carbocycles. The molecule has 2 heterocycles. The van der Waals surface area contributed by atoms with Crippen LogP contribution in [-0.2, 0) is 6.54 Å². The topological polar surface area (TPSA) is 48.5 Å². The van der Waals surface area contributed by atoms with Crippen molar-refractivity contribution in [1.82, 2.24) is 15.2 Å². The number of anilines is 1. The molecule has 4 rings (SSSR count). The van der Waals surface area contributed by atoms with Crippen molar-refractivity contribution in [3.8, 4) is 11.3 Å². The Morgan fingerprint density at radius 1 is 1.19 bits per heavy atom. The van der Waals surface area contributed by atoms with Crippen molar-refractivity contribution in [2.75, 3.05) is 31.6 Å².